The highest BCUT2D eigenvalue weighted by Crippen LogP contribution is 2.46. The van der Waals surface area contributed by atoms with Crippen molar-refractivity contribution in [1.82, 2.24) is 4.90 Å². The zero-order valence-electron chi connectivity index (χ0n) is 20.1. The number of nitrogens with zero attached hydrogens (tertiary/aromatic N) is 1. The lowest BCUT2D eigenvalue weighted by molar-refractivity contribution is -0.190. The van der Waals surface area contributed by atoms with Crippen LogP contribution >= 0.6 is 0 Å². The highest BCUT2D eigenvalue weighted by Gasteiger charge is 2.62. The van der Waals surface area contributed by atoms with Crippen molar-refractivity contribution >= 4 is 23.6 Å². The Hall–Kier alpha value is -3.35. The molecule has 0 saturated carbocycles. The summed E-state index contributed by atoms with van der Waals surface area (Å²) in [5.41, 5.74) is 0.692. The average molecular weight is 453 g/mol. The van der Waals surface area contributed by atoms with Gasteiger partial charge in [-0.15, -0.1) is 0 Å². The van der Waals surface area contributed by atoms with Gasteiger partial charge in [0.1, 0.15) is 16.8 Å². The van der Waals surface area contributed by atoms with Crippen molar-refractivity contribution in [2.24, 2.45) is 5.41 Å². The van der Waals surface area contributed by atoms with Gasteiger partial charge in [0.2, 0.25) is 5.91 Å². The van der Waals surface area contributed by atoms with E-state index in [2.05, 4.69) is 5.32 Å². The summed E-state index contributed by atoms with van der Waals surface area (Å²) < 4.78 is 11.5. The number of aryl methyl sites for hydroxylation is 1. The number of benzene rings is 2. The van der Waals surface area contributed by atoms with Gasteiger partial charge < -0.3 is 14.8 Å². The monoisotopic (exact) mass is 452 g/mol. The first kappa shape index (κ1) is 24.3. The second kappa shape index (κ2) is 9.25. The van der Waals surface area contributed by atoms with Gasteiger partial charge in [0, 0.05) is 5.69 Å². The fourth-order valence-corrected chi connectivity index (χ4v) is 3.86. The van der Waals surface area contributed by atoms with E-state index >= 15 is 0 Å². The SMILES string of the molecule is CCC1(CC)C(=O)N(C(=O)Nc2ccc(C)cc2)C1Oc1ccc(C(=O)OC(C)(C)C)cc1. The Balaban J connectivity index is 1.78. The third-order valence-corrected chi connectivity index (χ3v) is 5.87. The minimum Gasteiger partial charge on any atom is -0.469 e. The normalized spacial score (nSPS) is 17.2. The Morgan fingerprint density at radius 2 is 1.58 bits per heavy atom. The van der Waals surface area contributed by atoms with Crippen LogP contribution in [0.15, 0.2) is 48.5 Å². The predicted molar refractivity (Wildman–Crippen MR) is 126 cm³/mol. The third kappa shape index (κ3) is 5.02. The molecule has 7 nitrogen and oxygen atoms in total. The minimum atomic E-state index is -0.783. The van der Waals surface area contributed by atoms with Gasteiger partial charge in [-0.2, -0.15) is 0 Å². The largest absolute Gasteiger partial charge is 0.469 e. The number of amides is 3. The maximum Gasteiger partial charge on any atom is 0.338 e. The van der Waals surface area contributed by atoms with E-state index < -0.39 is 29.2 Å². The molecule has 1 fully saturated rings. The molecule has 3 rings (SSSR count). The number of ether oxygens (including phenoxy) is 2. The van der Waals surface area contributed by atoms with E-state index in [1.165, 1.54) is 0 Å². The molecule has 1 aliphatic heterocycles. The van der Waals surface area contributed by atoms with Crippen LogP contribution in [0.4, 0.5) is 10.5 Å². The summed E-state index contributed by atoms with van der Waals surface area (Å²) in [7, 11) is 0. The number of carbonyl (C=O) groups excluding carboxylic acids is 3. The Kier molecular flexibility index (Phi) is 6.81. The van der Waals surface area contributed by atoms with Gasteiger partial charge in [0.25, 0.3) is 0 Å². The van der Waals surface area contributed by atoms with Crippen molar-refractivity contribution < 1.29 is 23.9 Å². The molecule has 1 saturated heterocycles. The van der Waals surface area contributed by atoms with Crippen molar-refractivity contribution in [3.05, 3.63) is 59.7 Å². The van der Waals surface area contributed by atoms with Crippen LogP contribution in [0.2, 0.25) is 0 Å². The molecule has 0 spiro atoms. The Bertz CT molecular complexity index is 1020. The molecule has 176 valence electrons. The number of hydrogen-bond donors (Lipinski definition) is 1. The van der Waals surface area contributed by atoms with Gasteiger partial charge in [0.15, 0.2) is 6.23 Å². The predicted octanol–water partition coefficient (Wildman–Crippen LogP) is 5.54. The van der Waals surface area contributed by atoms with Crippen molar-refractivity contribution in [3.63, 3.8) is 0 Å². The number of urea groups is 1. The molecular formula is C26H32N2O5. The molecule has 1 unspecified atom stereocenters. The smallest absolute Gasteiger partial charge is 0.338 e. The van der Waals surface area contributed by atoms with Gasteiger partial charge in [0.05, 0.1) is 5.56 Å². The van der Waals surface area contributed by atoms with Crippen LogP contribution in [0.5, 0.6) is 5.75 Å². The number of esters is 1. The standard InChI is InChI=1S/C26H32N2O5/c1-7-26(8-2)22(30)28(24(31)27-19-13-9-17(3)10-14-19)23(26)32-20-15-11-18(12-16-20)21(29)33-25(4,5)6/h9-16,23H,7-8H2,1-6H3,(H,27,31). The molecule has 1 heterocycles. The number of hydrogen-bond acceptors (Lipinski definition) is 5. The number of likely N-dealkylation sites (tertiary alicyclic amines) is 1. The molecule has 2 aromatic carbocycles. The number of β-lactam (4-membered cyclic amide) rings is 1. The van der Waals surface area contributed by atoms with E-state index in [1.54, 1.807) is 57.2 Å². The lowest BCUT2D eigenvalue weighted by Gasteiger charge is -2.53. The first-order valence-corrected chi connectivity index (χ1v) is 11.2. The molecule has 0 bridgehead atoms. The number of nitrogens with one attached hydrogen (secondary N) is 1. The molecule has 2 aromatic rings. The number of carbonyl (C=O) groups is 3. The molecule has 1 N–H and O–H groups in total. The summed E-state index contributed by atoms with van der Waals surface area (Å²) in [6.45, 7) is 11.2. The van der Waals surface area contributed by atoms with Crippen LogP contribution in [-0.2, 0) is 9.53 Å². The molecule has 3 amide bonds. The van der Waals surface area contributed by atoms with Gasteiger partial charge in [-0.3, -0.25) is 4.79 Å². The summed E-state index contributed by atoms with van der Waals surface area (Å²) >= 11 is 0. The second-order valence-electron chi connectivity index (χ2n) is 9.33. The van der Waals surface area contributed by atoms with Crippen molar-refractivity contribution in [1.29, 1.82) is 0 Å². The van der Waals surface area contributed by atoms with E-state index in [0.29, 0.717) is 29.8 Å². The summed E-state index contributed by atoms with van der Waals surface area (Å²) in [5.74, 6) is -0.227. The number of anilines is 1. The number of rotatable bonds is 6. The highest BCUT2D eigenvalue weighted by molar-refractivity contribution is 6.07. The van der Waals surface area contributed by atoms with Crippen LogP contribution in [0.3, 0.4) is 0 Å². The molecule has 33 heavy (non-hydrogen) atoms. The van der Waals surface area contributed by atoms with Crippen molar-refractivity contribution in [2.75, 3.05) is 5.32 Å². The van der Waals surface area contributed by atoms with Crippen LogP contribution in [0, 0.1) is 12.3 Å². The van der Waals surface area contributed by atoms with Gasteiger partial charge in [-0.05, 0) is 76.9 Å². The van der Waals surface area contributed by atoms with Crippen LogP contribution in [-0.4, -0.2) is 34.6 Å². The van der Waals surface area contributed by atoms with E-state index in [4.69, 9.17) is 9.47 Å². The zero-order chi connectivity index (χ0) is 24.4. The van der Waals surface area contributed by atoms with E-state index in [9.17, 15) is 14.4 Å². The van der Waals surface area contributed by atoms with Gasteiger partial charge >= 0.3 is 12.0 Å². The molecule has 0 aromatic heterocycles. The summed E-state index contributed by atoms with van der Waals surface area (Å²) in [6, 6.07) is 13.3. The third-order valence-electron chi connectivity index (χ3n) is 5.87. The van der Waals surface area contributed by atoms with E-state index in [0.717, 1.165) is 10.5 Å². The molecule has 1 aliphatic rings. The second-order valence-corrected chi connectivity index (χ2v) is 9.33. The maximum absolute atomic E-state index is 13.0. The lowest BCUT2D eigenvalue weighted by atomic mass is 9.72. The topological polar surface area (TPSA) is 84.9 Å². The molecule has 0 radical (unpaired) electrons. The molecular weight excluding hydrogens is 420 g/mol. The minimum absolute atomic E-state index is 0.257. The molecule has 0 aliphatic carbocycles. The number of imide groups is 1. The van der Waals surface area contributed by atoms with Crippen molar-refractivity contribution in [2.45, 2.75) is 66.2 Å². The molecule has 1 atom stereocenters. The van der Waals surface area contributed by atoms with Crippen LogP contribution < -0.4 is 10.1 Å². The highest BCUT2D eigenvalue weighted by atomic mass is 16.6. The van der Waals surface area contributed by atoms with E-state index in [-0.39, 0.29) is 5.91 Å². The zero-order valence-corrected chi connectivity index (χ0v) is 20.1. The lowest BCUT2D eigenvalue weighted by Crippen LogP contribution is -2.73. The van der Waals surface area contributed by atoms with Crippen LogP contribution in [0.1, 0.15) is 63.4 Å². The summed E-state index contributed by atoms with van der Waals surface area (Å²) in [4.78, 5) is 39.4. The average Bonchev–Trinajstić information content (AvgIpc) is 2.75. The molecule has 7 heteroatoms. The van der Waals surface area contributed by atoms with E-state index in [1.807, 2.05) is 32.9 Å². The maximum atomic E-state index is 13.0. The fourth-order valence-electron chi connectivity index (χ4n) is 3.86. The Morgan fingerprint density at radius 3 is 2.09 bits per heavy atom. The van der Waals surface area contributed by atoms with Crippen LogP contribution in [0.25, 0.3) is 0 Å². The first-order chi connectivity index (χ1) is 15.5. The van der Waals surface area contributed by atoms with Crippen molar-refractivity contribution in [3.8, 4) is 5.75 Å². The summed E-state index contributed by atoms with van der Waals surface area (Å²) in [6.07, 6.45) is 0.326. The first-order valence-electron chi connectivity index (χ1n) is 11.2. The fraction of sp³-hybridized carbons (Fsp3) is 0.423. The Labute approximate surface area is 195 Å². The van der Waals surface area contributed by atoms with Gasteiger partial charge in [-0.1, -0.05) is 31.5 Å². The Morgan fingerprint density at radius 1 is 1.00 bits per heavy atom. The quantitative estimate of drug-likeness (QED) is 0.460. The van der Waals surface area contributed by atoms with Gasteiger partial charge in [-0.25, -0.2) is 14.5 Å². The summed E-state index contributed by atoms with van der Waals surface area (Å²) in [5, 5.41) is 2.77.